The maximum absolute atomic E-state index is 12.8. The highest BCUT2D eigenvalue weighted by molar-refractivity contribution is 8.00. The molecule has 3 rings (SSSR count). The minimum absolute atomic E-state index is 0.122. The van der Waals surface area contributed by atoms with Gasteiger partial charge in [-0.15, -0.1) is 11.3 Å². The summed E-state index contributed by atoms with van der Waals surface area (Å²) in [6.45, 7) is 7.58. The van der Waals surface area contributed by atoms with Crippen molar-refractivity contribution in [3.8, 4) is 11.1 Å². The third-order valence-electron chi connectivity index (χ3n) is 4.29. The number of carbonyl (C=O) groups excluding carboxylic acids is 1. The van der Waals surface area contributed by atoms with Crippen LogP contribution in [-0.2, 0) is 9.53 Å². The molecule has 0 unspecified atom stereocenters. The highest BCUT2D eigenvalue weighted by atomic mass is 32.2. The number of fused-ring (bicyclic) bond motifs is 1. The number of hydrogen-bond donors (Lipinski definition) is 1. The molecule has 0 saturated carbocycles. The number of H-pyrrole nitrogens is 1. The molecule has 1 aromatic carbocycles. The molecule has 0 aliphatic carbocycles. The Balaban J connectivity index is 1.92. The lowest BCUT2D eigenvalue weighted by Crippen LogP contribution is -2.22. The van der Waals surface area contributed by atoms with E-state index >= 15 is 0 Å². The van der Waals surface area contributed by atoms with Crippen molar-refractivity contribution in [2.45, 2.75) is 50.6 Å². The van der Waals surface area contributed by atoms with Gasteiger partial charge in [0.25, 0.3) is 5.56 Å². The molecule has 1 N–H and O–H groups in total. The van der Waals surface area contributed by atoms with E-state index in [1.807, 2.05) is 51.1 Å². The normalized spacial score (nSPS) is 13.5. The van der Waals surface area contributed by atoms with Crippen molar-refractivity contribution in [3.05, 3.63) is 45.6 Å². The molecule has 2 aromatic heterocycles. The number of thiophene rings is 1. The first kappa shape index (κ1) is 19.6. The summed E-state index contributed by atoms with van der Waals surface area (Å²) in [6.07, 6.45) is 0.643. The predicted molar refractivity (Wildman–Crippen MR) is 112 cm³/mol. The van der Waals surface area contributed by atoms with E-state index in [-0.39, 0.29) is 17.6 Å². The molecule has 0 saturated heterocycles. The van der Waals surface area contributed by atoms with Gasteiger partial charge in [-0.05, 0) is 32.8 Å². The molecule has 3 aromatic rings. The largest absolute Gasteiger partial charge is 0.462 e. The van der Waals surface area contributed by atoms with E-state index in [4.69, 9.17) is 4.74 Å². The van der Waals surface area contributed by atoms with Gasteiger partial charge in [-0.1, -0.05) is 49.0 Å². The Hall–Kier alpha value is -2.12. The van der Waals surface area contributed by atoms with Gasteiger partial charge >= 0.3 is 5.97 Å². The molecule has 0 amide bonds. The summed E-state index contributed by atoms with van der Waals surface area (Å²) in [5.41, 5.74) is 1.73. The number of aryl methyl sites for hydroxylation is 1. The molecule has 27 heavy (non-hydrogen) atoms. The Labute approximate surface area is 166 Å². The highest BCUT2D eigenvalue weighted by Crippen LogP contribution is 2.36. The SMILES string of the molecule is CC[C@H](C)OC(=O)[C@H](C)Sc1nc2sc(C)c(-c3ccccc3)c2c(=O)[nH]1. The fourth-order valence-corrected chi connectivity index (χ4v) is 4.59. The number of esters is 1. The number of carbonyl (C=O) groups is 1. The number of aromatic amines is 1. The van der Waals surface area contributed by atoms with Gasteiger partial charge in [-0.2, -0.15) is 0 Å². The summed E-state index contributed by atoms with van der Waals surface area (Å²) in [5.74, 6) is -0.301. The van der Waals surface area contributed by atoms with E-state index in [1.165, 1.54) is 23.1 Å². The van der Waals surface area contributed by atoms with Crippen molar-refractivity contribution in [2.24, 2.45) is 0 Å². The monoisotopic (exact) mass is 402 g/mol. The van der Waals surface area contributed by atoms with Crippen LogP contribution in [-0.4, -0.2) is 27.3 Å². The second-order valence-corrected chi connectivity index (χ2v) is 8.90. The number of nitrogens with one attached hydrogen (secondary N) is 1. The summed E-state index contributed by atoms with van der Waals surface area (Å²) < 4.78 is 5.36. The highest BCUT2D eigenvalue weighted by Gasteiger charge is 2.21. The standard InChI is InChI=1S/C20H22N2O3S2/c1-5-11(2)25-19(24)13(4)27-20-21-17(23)16-15(12(3)26-18(16)22-20)14-9-7-6-8-10-14/h6-11,13H,5H2,1-4H3,(H,21,22,23)/t11-,13-/m0/s1. The molecule has 0 spiro atoms. The van der Waals surface area contributed by atoms with Gasteiger partial charge in [-0.25, -0.2) is 4.98 Å². The third kappa shape index (κ3) is 4.25. The first-order chi connectivity index (χ1) is 12.9. The molecule has 142 valence electrons. The third-order valence-corrected chi connectivity index (χ3v) is 6.25. The zero-order chi connectivity index (χ0) is 19.6. The summed E-state index contributed by atoms with van der Waals surface area (Å²) in [6, 6.07) is 9.83. The summed E-state index contributed by atoms with van der Waals surface area (Å²) in [5, 5.41) is 0.583. The molecule has 0 bridgehead atoms. The van der Waals surface area contributed by atoms with Crippen molar-refractivity contribution in [1.82, 2.24) is 9.97 Å². The van der Waals surface area contributed by atoms with Crippen molar-refractivity contribution >= 4 is 39.3 Å². The van der Waals surface area contributed by atoms with Crippen LogP contribution in [0.2, 0.25) is 0 Å². The van der Waals surface area contributed by atoms with Crippen LogP contribution in [0, 0.1) is 6.92 Å². The van der Waals surface area contributed by atoms with Crippen LogP contribution < -0.4 is 5.56 Å². The number of benzene rings is 1. The smallest absolute Gasteiger partial charge is 0.319 e. The molecule has 0 radical (unpaired) electrons. The molecule has 2 heterocycles. The predicted octanol–water partition coefficient (Wildman–Crippen LogP) is 4.78. The van der Waals surface area contributed by atoms with Crippen LogP contribution in [0.1, 0.15) is 32.1 Å². The van der Waals surface area contributed by atoms with Gasteiger partial charge in [0.1, 0.15) is 10.1 Å². The molecule has 2 atom stereocenters. The minimum atomic E-state index is -0.450. The Morgan fingerprint density at radius 1 is 1.30 bits per heavy atom. The number of thioether (sulfide) groups is 1. The van der Waals surface area contributed by atoms with E-state index in [9.17, 15) is 9.59 Å². The number of aromatic nitrogens is 2. The van der Waals surface area contributed by atoms with E-state index in [0.717, 1.165) is 22.4 Å². The van der Waals surface area contributed by atoms with Gasteiger partial charge in [-0.3, -0.25) is 9.59 Å². The van der Waals surface area contributed by atoms with Gasteiger partial charge in [0.15, 0.2) is 5.16 Å². The molecular weight excluding hydrogens is 380 g/mol. The van der Waals surface area contributed by atoms with E-state index in [1.54, 1.807) is 6.92 Å². The lowest BCUT2D eigenvalue weighted by Gasteiger charge is -2.14. The molecule has 0 aliphatic rings. The molecule has 5 nitrogen and oxygen atoms in total. The van der Waals surface area contributed by atoms with Crippen LogP contribution in [0.4, 0.5) is 0 Å². The Kier molecular flexibility index (Phi) is 6.01. The second-order valence-electron chi connectivity index (χ2n) is 6.37. The number of hydrogen-bond acceptors (Lipinski definition) is 6. The van der Waals surface area contributed by atoms with E-state index in [2.05, 4.69) is 9.97 Å². The summed E-state index contributed by atoms with van der Waals surface area (Å²) in [7, 11) is 0. The average Bonchev–Trinajstić information content (AvgIpc) is 2.98. The summed E-state index contributed by atoms with van der Waals surface area (Å²) >= 11 is 2.70. The fraction of sp³-hybridized carbons (Fsp3) is 0.350. The molecular formula is C20H22N2O3S2. The van der Waals surface area contributed by atoms with Gasteiger partial charge < -0.3 is 9.72 Å². The van der Waals surface area contributed by atoms with Gasteiger partial charge in [0.05, 0.1) is 11.5 Å². The quantitative estimate of drug-likeness (QED) is 0.365. The average molecular weight is 403 g/mol. The van der Waals surface area contributed by atoms with Gasteiger partial charge in [0.2, 0.25) is 0 Å². The Morgan fingerprint density at radius 2 is 2.00 bits per heavy atom. The zero-order valence-electron chi connectivity index (χ0n) is 15.7. The first-order valence-corrected chi connectivity index (χ1v) is 10.6. The Morgan fingerprint density at radius 3 is 2.67 bits per heavy atom. The number of rotatable bonds is 6. The lowest BCUT2D eigenvalue weighted by molar-refractivity contribution is -0.147. The van der Waals surface area contributed by atoms with Crippen LogP contribution >= 0.6 is 23.1 Å². The van der Waals surface area contributed by atoms with E-state index < -0.39 is 5.25 Å². The van der Waals surface area contributed by atoms with Crippen LogP contribution in [0.5, 0.6) is 0 Å². The topological polar surface area (TPSA) is 72.0 Å². The fourth-order valence-electron chi connectivity index (χ4n) is 2.70. The zero-order valence-corrected chi connectivity index (χ0v) is 17.4. The minimum Gasteiger partial charge on any atom is -0.462 e. The van der Waals surface area contributed by atoms with Crippen LogP contribution in [0.25, 0.3) is 21.3 Å². The van der Waals surface area contributed by atoms with Crippen molar-refractivity contribution < 1.29 is 9.53 Å². The second kappa shape index (κ2) is 8.27. The Bertz CT molecular complexity index is 1010. The van der Waals surface area contributed by atoms with Crippen LogP contribution in [0.3, 0.4) is 0 Å². The maximum atomic E-state index is 12.8. The van der Waals surface area contributed by atoms with Crippen LogP contribution in [0.15, 0.2) is 40.3 Å². The van der Waals surface area contributed by atoms with Gasteiger partial charge in [0, 0.05) is 10.4 Å². The van der Waals surface area contributed by atoms with Crippen molar-refractivity contribution in [1.29, 1.82) is 0 Å². The maximum Gasteiger partial charge on any atom is 0.319 e. The first-order valence-electron chi connectivity index (χ1n) is 8.86. The van der Waals surface area contributed by atoms with E-state index in [0.29, 0.717) is 15.4 Å². The lowest BCUT2D eigenvalue weighted by atomic mass is 10.0. The summed E-state index contributed by atoms with van der Waals surface area (Å²) in [4.78, 5) is 34.0. The number of ether oxygens (including phenoxy) is 1. The molecule has 0 aliphatic heterocycles. The molecule has 7 heteroatoms. The number of nitrogens with zero attached hydrogens (tertiary/aromatic N) is 1. The van der Waals surface area contributed by atoms with Crippen molar-refractivity contribution in [3.63, 3.8) is 0 Å². The molecule has 0 fully saturated rings. The van der Waals surface area contributed by atoms with Crippen molar-refractivity contribution in [2.75, 3.05) is 0 Å².